The zero-order valence-corrected chi connectivity index (χ0v) is 55.8. The van der Waals surface area contributed by atoms with Crippen LogP contribution >= 0.6 is 0 Å². The van der Waals surface area contributed by atoms with Crippen LogP contribution in [0.2, 0.25) is 0 Å². The molecular weight excluding hydrogens is 1270 g/mol. The first-order valence-corrected chi connectivity index (χ1v) is 34.2. The number of hydrogen-bond donors (Lipinski definition) is 9. The lowest BCUT2D eigenvalue weighted by molar-refractivity contribution is 0.0958. The minimum absolute atomic E-state index is 0.0870. The van der Waals surface area contributed by atoms with Gasteiger partial charge >= 0.3 is 0 Å². The van der Waals surface area contributed by atoms with Crippen LogP contribution in [0.1, 0.15) is 91.9 Å². The molecule has 0 aliphatic carbocycles. The Morgan fingerprint density at radius 2 is 0.960 bits per heavy atom. The highest BCUT2D eigenvalue weighted by atomic mass is 16.3. The normalized spacial score (nSPS) is 17.2. The minimum Gasteiger partial charge on any atom is -0.393 e. The molecule has 3 amide bonds. The second-order valence-electron chi connectivity index (χ2n) is 26.4. The van der Waals surface area contributed by atoms with Crippen LogP contribution in [-0.2, 0) is 26.7 Å². The van der Waals surface area contributed by atoms with Gasteiger partial charge in [-0.05, 0) is 146 Å². The Morgan fingerprint density at radius 3 is 1.48 bits per heavy atom. The molecule has 0 saturated carbocycles. The van der Waals surface area contributed by atoms with Crippen molar-refractivity contribution in [2.45, 2.75) is 83.4 Å². The molecule has 0 radical (unpaired) electrons. The van der Waals surface area contributed by atoms with Gasteiger partial charge in [-0.3, -0.25) is 28.2 Å². The van der Waals surface area contributed by atoms with E-state index in [-0.39, 0.29) is 36.0 Å². The molecule has 3 saturated heterocycles. The van der Waals surface area contributed by atoms with Gasteiger partial charge in [-0.2, -0.15) is 0 Å². The van der Waals surface area contributed by atoms with Crippen molar-refractivity contribution in [3.8, 4) is 33.6 Å². The molecule has 2 atom stereocenters. The quantitative estimate of drug-likeness (QED) is 0.0549. The van der Waals surface area contributed by atoms with Crippen LogP contribution in [0.15, 0.2) is 165 Å². The van der Waals surface area contributed by atoms with Crippen LogP contribution in [0.3, 0.4) is 0 Å². The van der Waals surface area contributed by atoms with Crippen LogP contribution in [0.4, 0.5) is 51.6 Å². The highest BCUT2D eigenvalue weighted by molar-refractivity contribution is 6.09. The average molecular weight is 1350 g/mol. The molecule has 0 bridgehead atoms. The molecule has 9 N–H and O–H groups in total. The standard InChI is InChI=1S/2C26H26N6O2.C24H23N7O2/c1-16-8-10-32-22(14-28-24(32)11-16)19-5-6-21(25-20(19)13-29-26(25)34)30-23-7-4-17(12-27-23)31-9-2-3-18(33)15-31;1-31-15-29-25-19(3-2-4-22(25)31)18-6-7-21(24-20(18)14-28-26(24)34)30-23-8-5-16(13-27-23)32-11-9-17(33)10-12-32;32-16-2-1-8-30(14-16)15-3-6-21(26-10-15)29-19-5-4-17(18-11-28-24(33)23(18)19)20-12-27-22-13-25-7-9-31(20)22/h4-8,10-12,14,18,33H,2-3,9,13,15H2,1H3,(H,27,30)(H,29,34);2-8,13,15,17,33H,9-12,14H2,1H3,(H,27,30)(H,28,34);3-7,9-10,12-13,16,32H,1-2,8,11,14H2,(H,26,29)(H,28,33)/t18-;;16-/m1.1/s1. The third-order valence-electron chi connectivity index (χ3n) is 19.9. The summed E-state index contributed by atoms with van der Waals surface area (Å²) < 4.78 is 6.02. The molecular formula is C76H75N19O6. The number of aromatic nitrogens is 10. The Morgan fingerprint density at radius 1 is 0.465 bits per heavy atom. The molecule has 25 nitrogen and oxygen atoms in total. The number of aliphatic hydroxyl groups excluding tert-OH is 3. The fourth-order valence-corrected chi connectivity index (χ4v) is 14.6. The van der Waals surface area contributed by atoms with Gasteiger partial charge < -0.3 is 66.5 Å². The zero-order chi connectivity index (χ0) is 68.8. The highest BCUT2D eigenvalue weighted by Crippen LogP contribution is 2.41. The number of hydrogen-bond acceptors (Lipinski definition) is 19. The van der Waals surface area contributed by atoms with Gasteiger partial charge in [0.1, 0.15) is 23.1 Å². The number of aryl methyl sites for hydroxylation is 2. The molecule has 0 spiro atoms. The largest absolute Gasteiger partial charge is 0.393 e. The van der Waals surface area contributed by atoms with Gasteiger partial charge in [0.2, 0.25) is 0 Å². The van der Waals surface area contributed by atoms with Crippen LogP contribution < -0.4 is 46.6 Å². The van der Waals surface area contributed by atoms with E-state index in [0.717, 1.165) is 171 Å². The summed E-state index contributed by atoms with van der Waals surface area (Å²) in [5.74, 6) is 1.72. The minimum atomic E-state index is -0.291. The van der Waals surface area contributed by atoms with E-state index in [0.29, 0.717) is 72.6 Å². The molecule has 101 heavy (non-hydrogen) atoms. The van der Waals surface area contributed by atoms with Crippen LogP contribution in [0.25, 0.3) is 56.0 Å². The summed E-state index contributed by atoms with van der Waals surface area (Å²) in [4.78, 5) is 76.2. The molecule has 6 aliphatic heterocycles. The number of amides is 3. The van der Waals surface area contributed by atoms with Crippen LogP contribution in [0.5, 0.6) is 0 Å². The van der Waals surface area contributed by atoms with E-state index in [1.165, 1.54) is 0 Å². The summed E-state index contributed by atoms with van der Waals surface area (Å²) in [7, 11) is 1.98. The van der Waals surface area contributed by atoms with Crippen molar-refractivity contribution in [2.24, 2.45) is 7.05 Å². The van der Waals surface area contributed by atoms with Gasteiger partial charge in [-0.25, -0.2) is 29.9 Å². The van der Waals surface area contributed by atoms with Gasteiger partial charge in [0, 0.05) is 101 Å². The summed E-state index contributed by atoms with van der Waals surface area (Å²) in [6.07, 6.45) is 22.7. The molecule has 18 rings (SSSR count). The molecule has 3 fully saturated rings. The van der Waals surface area contributed by atoms with E-state index in [1.54, 1.807) is 18.6 Å². The predicted octanol–water partition coefficient (Wildman–Crippen LogP) is 9.98. The van der Waals surface area contributed by atoms with E-state index in [2.05, 4.69) is 104 Å². The second kappa shape index (κ2) is 27.1. The lowest BCUT2D eigenvalue weighted by Crippen LogP contribution is -2.38. The average Bonchev–Trinajstić information content (AvgIpc) is 1.66. The molecule has 6 aliphatic rings. The lowest BCUT2D eigenvalue weighted by Gasteiger charge is -2.31. The van der Waals surface area contributed by atoms with Crippen molar-refractivity contribution in [1.29, 1.82) is 0 Å². The summed E-state index contributed by atoms with van der Waals surface area (Å²) in [6, 6.07) is 33.9. The van der Waals surface area contributed by atoms with Crippen molar-refractivity contribution >= 4 is 91.6 Å². The molecule has 4 aromatic carbocycles. The highest BCUT2D eigenvalue weighted by Gasteiger charge is 2.32. The Balaban J connectivity index is 0.000000118. The van der Waals surface area contributed by atoms with Crippen molar-refractivity contribution < 1.29 is 29.7 Å². The third kappa shape index (κ3) is 12.7. The Hall–Kier alpha value is -11.8. The fourth-order valence-electron chi connectivity index (χ4n) is 14.6. The van der Waals surface area contributed by atoms with Gasteiger partial charge in [-0.15, -0.1) is 0 Å². The summed E-state index contributed by atoms with van der Waals surface area (Å²) in [5.41, 5.74) is 20.6. The Kier molecular flexibility index (Phi) is 17.2. The summed E-state index contributed by atoms with van der Waals surface area (Å²) in [5, 5.41) is 48.5. The van der Waals surface area contributed by atoms with E-state index >= 15 is 0 Å². The summed E-state index contributed by atoms with van der Waals surface area (Å²) >= 11 is 0. The zero-order valence-electron chi connectivity index (χ0n) is 55.8. The molecule has 510 valence electrons. The SMILES string of the molecule is Cc1ccn2c(-c3ccc(Nc4ccc(N5CCC[C@@H](O)C5)cn4)c4c3CNC4=O)cnc2c1.Cn1cnc2c(-c3ccc(Nc4ccc(N5CCC(O)CC5)cn4)c4c3CNC4=O)cccc21.O=C1NCc2c(-c3cnc4cnccn34)ccc(Nc3ccc(N4CCC[C@@H](O)C4)cn3)c21. The number of rotatable bonds is 12. The second-order valence-corrected chi connectivity index (χ2v) is 26.4. The van der Waals surface area contributed by atoms with Crippen LogP contribution in [-0.4, -0.2) is 139 Å². The van der Waals surface area contributed by atoms with E-state index < -0.39 is 0 Å². The van der Waals surface area contributed by atoms with Crippen molar-refractivity contribution in [3.05, 3.63) is 204 Å². The number of carbonyl (C=O) groups is 3. The van der Waals surface area contributed by atoms with Crippen LogP contribution in [0, 0.1) is 6.92 Å². The maximum atomic E-state index is 12.8. The number of para-hydroxylation sites is 1. The van der Waals surface area contributed by atoms with E-state index in [4.69, 9.17) is 0 Å². The first kappa shape index (κ1) is 63.9. The maximum absolute atomic E-state index is 12.8. The van der Waals surface area contributed by atoms with Gasteiger partial charge in [0.05, 0.1) is 135 Å². The van der Waals surface area contributed by atoms with E-state index in [9.17, 15) is 29.7 Å². The number of piperidine rings is 3. The number of carbonyl (C=O) groups excluding carboxylic acids is 3. The van der Waals surface area contributed by atoms with Gasteiger partial charge in [0.25, 0.3) is 17.7 Å². The number of fused-ring (bicyclic) bond motifs is 6. The van der Waals surface area contributed by atoms with Gasteiger partial charge in [-0.1, -0.05) is 30.3 Å². The lowest BCUT2D eigenvalue weighted by atomic mass is 9.94. The predicted molar refractivity (Wildman–Crippen MR) is 388 cm³/mol. The fraction of sp³-hybridized carbons (Fsp3) is 0.263. The number of anilines is 9. The number of benzene rings is 4. The topological polar surface area (TPSA) is 298 Å². The number of nitrogens with zero attached hydrogens (tertiary/aromatic N) is 13. The molecule has 25 heteroatoms. The first-order valence-electron chi connectivity index (χ1n) is 34.2. The van der Waals surface area contributed by atoms with E-state index in [1.807, 2.05) is 151 Å². The first-order chi connectivity index (χ1) is 49.3. The molecule has 12 aromatic rings. The molecule has 0 unspecified atom stereocenters. The number of nitrogens with one attached hydrogen (secondary N) is 6. The van der Waals surface area contributed by atoms with Crippen molar-refractivity contribution in [2.75, 3.05) is 69.9 Å². The number of pyridine rings is 4. The number of imidazole rings is 3. The summed E-state index contributed by atoms with van der Waals surface area (Å²) in [6.45, 7) is 8.21. The molecule has 8 aromatic heterocycles. The maximum Gasteiger partial charge on any atom is 0.254 e. The van der Waals surface area contributed by atoms with Gasteiger partial charge in [0.15, 0.2) is 5.65 Å². The number of β-amino-alcohol motifs (C(OH)–C–C–N with tert-alkyl or cyclic N) is 2. The van der Waals surface area contributed by atoms with Crippen molar-refractivity contribution in [1.82, 2.24) is 64.2 Å². The number of aliphatic hydroxyl groups is 3. The Bertz CT molecular complexity index is 5140. The monoisotopic (exact) mass is 1350 g/mol. The molecule has 14 heterocycles. The third-order valence-corrected chi connectivity index (χ3v) is 19.9. The van der Waals surface area contributed by atoms with Crippen molar-refractivity contribution in [3.63, 3.8) is 0 Å². The Labute approximate surface area is 581 Å². The smallest absolute Gasteiger partial charge is 0.254 e.